The Balaban J connectivity index is 1.14. The van der Waals surface area contributed by atoms with Crippen molar-refractivity contribution in [3.8, 4) is 17.3 Å². The first-order valence-corrected chi connectivity index (χ1v) is 19.3. The number of hydrogen-bond donors (Lipinski definition) is 0. The number of nitrogens with zero attached hydrogens (tertiary/aromatic N) is 4. The summed E-state index contributed by atoms with van der Waals surface area (Å²) in [4.78, 5) is 4.91. The molecule has 2 aromatic heterocycles. The molecule has 0 radical (unpaired) electrons. The van der Waals surface area contributed by atoms with Gasteiger partial charge in [-0.05, 0) is 69.3 Å². The summed E-state index contributed by atoms with van der Waals surface area (Å²) in [5.74, 6) is 2.50. The number of rotatable bonds is 5. The summed E-state index contributed by atoms with van der Waals surface area (Å²) in [5.41, 5.74) is 11.4. The summed E-state index contributed by atoms with van der Waals surface area (Å²) >= 11 is 0. The number of aromatic nitrogens is 2. The fourth-order valence-corrected chi connectivity index (χ4v) is 8.60. The lowest BCUT2D eigenvalue weighted by Gasteiger charge is -2.56. The van der Waals surface area contributed by atoms with Crippen LogP contribution in [0.1, 0.15) is 79.0 Å². The highest BCUT2D eigenvalue weighted by molar-refractivity contribution is 6.11. The Hall–Kier alpha value is -5.23. The van der Waals surface area contributed by atoms with Crippen LogP contribution in [0.4, 0.5) is 22.7 Å². The monoisotopic (exact) mass is 711 g/mol. The molecule has 7 aromatic rings. The molecule has 0 aliphatic carbocycles. The van der Waals surface area contributed by atoms with E-state index in [9.17, 15) is 0 Å². The molecule has 1 saturated heterocycles. The molecule has 5 nitrogen and oxygen atoms in total. The molecule has 2 atom stereocenters. The summed E-state index contributed by atoms with van der Waals surface area (Å²) in [5, 5.41) is 2.32. The third-order valence-corrected chi connectivity index (χ3v) is 11.7. The Labute approximate surface area is 320 Å². The first kappa shape index (κ1) is 34.5. The van der Waals surface area contributed by atoms with Crippen LogP contribution in [0.15, 0.2) is 128 Å². The largest absolute Gasteiger partial charge is 0.455 e. The minimum Gasteiger partial charge on any atom is -0.455 e. The van der Waals surface area contributed by atoms with Crippen molar-refractivity contribution in [2.45, 2.75) is 78.6 Å². The summed E-state index contributed by atoms with van der Waals surface area (Å²) in [6.45, 7) is 24.1. The van der Waals surface area contributed by atoms with Gasteiger partial charge >= 0.3 is 0 Å². The molecule has 0 saturated carbocycles. The number of quaternary nitrogens is 2. The van der Waals surface area contributed by atoms with Gasteiger partial charge in [0.25, 0.3) is 0 Å². The van der Waals surface area contributed by atoms with Gasteiger partial charge in [0.05, 0.1) is 17.7 Å². The average Bonchev–Trinajstić information content (AvgIpc) is 3.73. The smallest absolute Gasteiger partial charge is 0.186 e. The van der Waals surface area contributed by atoms with Gasteiger partial charge in [0.1, 0.15) is 22.9 Å². The van der Waals surface area contributed by atoms with Crippen molar-refractivity contribution in [2.24, 2.45) is 0 Å². The van der Waals surface area contributed by atoms with E-state index in [0.29, 0.717) is 4.48 Å². The third kappa shape index (κ3) is 5.24. The van der Waals surface area contributed by atoms with E-state index >= 15 is 0 Å². The Morgan fingerprint density at radius 1 is 0.574 bits per heavy atom. The lowest BCUT2D eigenvalue weighted by atomic mass is 9.80. The van der Waals surface area contributed by atoms with E-state index < -0.39 is 0 Å². The Morgan fingerprint density at radius 2 is 1.17 bits per heavy atom. The zero-order valence-corrected chi connectivity index (χ0v) is 33.1. The van der Waals surface area contributed by atoms with Crippen molar-refractivity contribution in [3.05, 3.63) is 151 Å². The van der Waals surface area contributed by atoms with Gasteiger partial charge in [0.15, 0.2) is 23.8 Å². The van der Waals surface area contributed by atoms with E-state index in [1.165, 1.54) is 44.8 Å². The Morgan fingerprint density at radius 3 is 1.83 bits per heavy atom. The fourth-order valence-electron chi connectivity index (χ4n) is 8.60. The first-order valence-electron chi connectivity index (χ1n) is 19.3. The molecular formula is C49H51N4O+. The van der Waals surface area contributed by atoms with E-state index in [1.54, 1.807) is 0 Å². The van der Waals surface area contributed by atoms with Crippen LogP contribution < -0.4 is 13.7 Å². The predicted octanol–water partition coefficient (Wildman–Crippen LogP) is 13.2. The molecule has 5 heterocycles. The van der Waals surface area contributed by atoms with Crippen LogP contribution in [0.25, 0.3) is 27.6 Å². The zero-order valence-electron chi connectivity index (χ0n) is 33.1. The van der Waals surface area contributed by atoms with Gasteiger partial charge in [0.2, 0.25) is 0 Å². The van der Waals surface area contributed by atoms with Crippen LogP contribution in [0.2, 0.25) is 0 Å². The highest BCUT2D eigenvalue weighted by Gasteiger charge is 2.63. The maximum Gasteiger partial charge on any atom is 0.186 e. The molecule has 10 rings (SSSR count). The second-order valence-electron chi connectivity index (χ2n) is 18.5. The van der Waals surface area contributed by atoms with Gasteiger partial charge < -0.3 is 4.74 Å². The molecule has 3 aliphatic rings. The van der Waals surface area contributed by atoms with Crippen LogP contribution >= 0.6 is 0 Å². The average molecular weight is 712 g/mol. The third-order valence-electron chi connectivity index (χ3n) is 11.7. The van der Waals surface area contributed by atoms with Gasteiger partial charge in [0, 0.05) is 47.3 Å². The van der Waals surface area contributed by atoms with Crippen LogP contribution in [-0.4, -0.2) is 16.2 Å². The van der Waals surface area contributed by atoms with Crippen LogP contribution in [-0.2, 0) is 16.2 Å². The summed E-state index contributed by atoms with van der Waals surface area (Å²) in [7, 11) is 0. The molecule has 2 bridgehead atoms. The fraction of sp³-hybridized carbons (Fsp3) is 0.265. The van der Waals surface area contributed by atoms with Gasteiger partial charge in [-0.25, -0.2) is 4.98 Å². The molecule has 272 valence electrons. The van der Waals surface area contributed by atoms with Gasteiger partial charge in [-0.15, -0.1) is 0 Å². The van der Waals surface area contributed by atoms with Gasteiger partial charge in [-0.2, -0.15) is 0 Å². The van der Waals surface area contributed by atoms with E-state index in [-0.39, 0.29) is 16.2 Å². The van der Waals surface area contributed by atoms with E-state index in [0.717, 1.165) is 44.9 Å². The molecule has 2 unspecified atom stereocenters. The van der Waals surface area contributed by atoms with Crippen molar-refractivity contribution >= 4 is 44.6 Å². The normalized spacial score (nSPS) is 19.6. The standard InChI is InChI=1S/C49H51N4O/c1-47(2,3)33-24-25-50-45(29-33)51-41-20-11-10-18-39(41)40-19-15-23-44(46(40)51)54-38-17-14-16-36(30-38)52-31-53(32-52,43-22-13-12-21-42(43)52)37-27-34(48(4,5)6)26-35(28-37)49(7,8)9/h10-31H,32H2,1-9H3/q+1. The van der Waals surface area contributed by atoms with Crippen molar-refractivity contribution in [1.82, 2.24) is 18.5 Å². The molecule has 0 amide bonds. The summed E-state index contributed by atoms with van der Waals surface area (Å²) in [6, 6.07) is 44.3. The number of fused-ring (bicyclic) bond motifs is 3. The number of pyridine rings is 1. The Bertz CT molecular complexity index is 2570. The highest BCUT2D eigenvalue weighted by atomic mass is 16.5. The molecule has 54 heavy (non-hydrogen) atoms. The van der Waals surface area contributed by atoms with E-state index in [4.69, 9.17) is 9.72 Å². The zero-order chi connectivity index (χ0) is 37.8. The van der Waals surface area contributed by atoms with Gasteiger partial charge in [-0.3, -0.25) is 13.5 Å². The minimum atomic E-state index is -0.00808. The number of benzene rings is 5. The minimum absolute atomic E-state index is 0.00808. The quantitative estimate of drug-likeness (QED) is 0.131. The molecule has 3 aliphatic heterocycles. The topological polar surface area (TPSA) is 27.1 Å². The maximum atomic E-state index is 6.97. The molecule has 0 spiro atoms. The van der Waals surface area contributed by atoms with Crippen molar-refractivity contribution in [3.63, 3.8) is 0 Å². The Kier molecular flexibility index (Phi) is 7.44. The lowest BCUT2D eigenvalue weighted by molar-refractivity contribution is 0.186. The molecule has 1 fully saturated rings. The molecule has 5 heteroatoms. The van der Waals surface area contributed by atoms with Crippen LogP contribution in [0.3, 0.4) is 0 Å². The maximum absolute atomic E-state index is 6.97. The number of para-hydroxylation sites is 4. The van der Waals surface area contributed by atoms with Gasteiger partial charge in [-0.1, -0.05) is 117 Å². The number of hydrogen-bond acceptors (Lipinski definition) is 2. The second-order valence-corrected chi connectivity index (χ2v) is 18.5. The second kappa shape index (κ2) is 11.6. The first-order chi connectivity index (χ1) is 25.6. The van der Waals surface area contributed by atoms with Crippen molar-refractivity contribution in [2.75, 3.05) is 6.67 Å². The number of ether oxygens (including phenoxy) is 1. The molecular weight excluding hydrogens is 661 g/mol. The summed E-state index contributed by atoms with van der Waals surface area (Å²) in [6.07, 6.45) is 1.93. The van der Waals surface area contributed by atoms with E-state index in [2.05, 4.69) is 195 Å². The molecule has 0 N–H and O–H groups in total. The lowest BCUT2D eigenvalue weighted by Crippen LogP contribution is -2.67. The predicted molar refractivity (Wildman–Crippen MR) is 226 cm³/mol. The van der Waals surface area contributed by atoms with Crippen molar-refractivity contribution < 1.29 is 4.74 Å². The highest BCUT2D eigenvalue weighted by Crippen LogP contribution is 2.65. The summed E-state index contributed by atoms with van der Waals surface area (Å²) < 4.78 is 10.6. The SMILES string of the molecule is CC(C)(C)c1cc(C(C)(C)C)cc([N+]23[CH-][N+](c4cccc(Oc5cccc6c7ccccc7n(-c7cc(C(C)(C)C)ccn7)c56)c4)(C2)c2ccccc23)c1. The van der Waals surface area contributed by atoms with Crippen molar-refractivity contribution in [1.29, 1.82) is 0 Å². The molecule has 5 aromatic carbocycles. The van der Waals surface area contributed by atoms with Crippen LogP contribution in [0, 0.1) is 6.67 Å². The van der Waals surface area contributed by atoms with Crippen LogP contribution in [0.5, 0.6) is 11.5 Å². The van der Waals surface area contributed by atoms with E-state index in [1.807, 2.05) is 6.20 Å².